The Morgan fingerprint density at radius 1 is 1.50 bits per heavy atom. The normalized spacial score (nSPS) is 12.4. The third-order valence-corrected chi connectivity index (χ3v) is 2.27. The number of rotatable bonds is 3. The van der Waals surface area contributed by atoms with Crippen LogP contribution >= 0.6 is 0 Å². The highest BCUT2D eigenvalue weighted by atomic mass is 19.1. The van der Waals surface area contributed by atoms with E-state index in [2.05, 4.69) is 15.2 Å². The Labute approximate surface area is 91.5 Å². The van der Waals surface area contributed by atoms with Crippen molar-refractivity contribution in [3.8, 4) is 5.75 Å². The quantitative estimate of drug-likeness (QED) is 0.812. The number of H-pyrrole nitrogens is 1. The number of nitrogens with zero attached hydrogens (tertiary/aromatic N) is 2. The van der Waals surface area contributed by atoms with Crippen LogP contribution in [-0.2, 0) is 0 Å². The van der Waals surface area contributed by atoms with Gasteiger partial charge in [-0.15, -0.1) is 0 Å². The number of aromatic nitrogens is 3. The molecule has 0 aliphatic carbocycles. The van der Waals surface area contributed by atoms with Crippen LogP contribution < -0.4 is 10.5 Å². The predicted octanol–water partition coefficient (Wildman–Crippen LogP) is 1.00. The molecule has 16 heavy (non-hydrogen) atoms. The van der Waals surface area contributed by atoms with Gasteiger partial charge >= 0.3 is 0 Å². The number of nitrogens with one attached hydrogen (secondary N) is 1. The molecule has 0 bridgehead atoms. The van der Waals surface area contributed by atoms with E-state index in [1.165, 1.54) is 19.5 Å². The van der Waals surface area contributed by atoms with Gasteiger partial charge in [0.1, 0.15) is 23.7 Å². The summed E-state index contributed by atoms with van der Waals surface area (Å²) in [5.41, 5.74) is 6.18. The van der Waals surface area contributed by atoms with E-state index in [-0.39, 0.29) is 0 Å². The molecular weight excluding hydrogens is 211 g/mol. The van der Waals surface area contributed by atoms with E-state index in [4.69, 9.17) is 10.5 Å². The molecule has 1 aromatic heterocycles. The van der Waals surface area contributed by atoms with E-state index in [9.17, 15) is 4.39 Å². The average Bonchev–Trinajstić information content (AvgIpc) is 2.81. The molecule has 0 radical (unpaired) electrons. The maximum absolute atomic E-state index is 13.7. The van der Waals surface area contributed by atoms with Gasteiger partial charge < -0.3 is 10.5 Å². The van der Waals surface area contributed by atoms with Gasteiger partial charge in [-0.1, -0.05) is 6.07 Å². The third-order valence-electron chi connectivity index (χ3n) is 2.27. The van der Waals surface area contributed by atoms with Crippen LogP contribution in [0.1, 0.15) is 17.4 Å². The van der Waals surface area contributed by atoms with E-state index in [1.807, 2.05) is 0 Å². The smallest absolute Gasteiger partial charge is 0.145 e. The third kappa shape index (κ3) is 1.87. The summed E-state index contributed by atoms with van der Waals surface area (Å²) in [6.45, 7) is 0. The summed E-state index contributed by atoms with van der Waals surface area (Å²) in [5, 5.41) is 6.28. The van der Waals surface area contributed by atoms with Crippen LogP contribution in [0.25, 0.3) is 0 Å². The Bertz CT molecular complexity index is 472. The molecule has 0 saturated carbocycles. The van der Waals surface area contributed by atoms with Crippen LogP contribution in [0.2, 0.25) is 0 Å². The fraction of sp³-hybridized carbons (Fsp3) is 0.200. The SMILES string of the molecule is COc1ccc(C(N)c2ncn[nH]2)c(F)c1. The van der Waals surface area contributed by atoms with Crippen molar-refractivity contribution in [1.82, 2.24) is 15.2 Å². The van der Waals surface area contributed by atoms with Gasteiger partial charge in [-0.3, -0.25) is 5.10 Å². The number of hydrogen-bond acceptors (Lipinski definition) is 4. The molecule has 2 rings (SSSR count). The Hall–Kier alpha value is -1.95. The fourth-order valence-electron chi connectivity index (χ4n) is 1.40. The fourth-order valence-corrected chi connectivity index (χ4v) is 1.40. The summed E-state index contributed by atoms with van der Waals surface area (Å²) < 4.78 is 18.6. The van der Waals surface area contributed by atoms with Gasteiger partial charge in [0.2, 0.25) is 0 Å². The maximum Gasteiger partial charge on any atom is 0.145 e. The number of benzene rings is 1. The number of hydrogen-bond donors (Lipinski definition) is 2. The lowest BCUT2D eigenvalue weighted by Crippen LogP contribution is -2.15. The van der Waals surface area contributed by atoms with Gasteiger partial charge in [0.05, 0.1) is 13.2 Å². The van der Waals surface area contributed by atoms with Crippen LogP contribution in [0.4, 0.5) is 4.39 Å². The molecule has 0 aliphatic heterocycles. The van der Waals surface area contributed by atoms with Crippen molar-refractivity contribution in [3.63, 3.8) is 0 Å². The van der Waals surface area contributed by atoms with Crippen molar-refractivity contribution in [2.75, 3.05) is 7.11 Å². The van der Waals surface area contributed by atoms with Crippen LogP contribution in [0.3, 0.4) is 0 Å². The topological polar surface area (TPSA) is 76.8 Å². The van der Waals surface area contributed by atoms with Crippen molar-refractivity contribution in [2.45, 2.75) is 6.04 Å². The lowest BCUT2D eigenvalue weighted by atomic mass is 10.1. The molecule has 1 aromatic carbocycles. The molecule has 0 fully saturated rings. The first-order valence-electron chi connectivity index (χ1n) is 4.66. The minimum atomic E-state index is -0.659. The highest BCUT2D eigenvalue weighted by Gasteiger charge is 2.16. The van der Waals surface area contributed by atoms with Crippen molar-refractivity contribution in [2.24, 2.45) is 5.73 Å². The monoisotopic (exact) mass is 222 g/mol. The van der Waals surface area contributed by atoms with Gasteiger partial charge in [0, 0.05) is 11.6 Å². The molecule has 0 amide bonds. The molecule has 1 heterocycles. The van der Waals surface area contributed by atoms with Crippen molar-refractivity contribution < 1.29 is 9.13 Å². The molecule has 1 unspecified atom stereocenters. The molecule has 0 saturated heterocycles. The standard InChI is InChI=1S/C10H11FN4O/c1-16-6-2-3-7(8(11)4-6)9(12)10-13-5-14-15-10/h2-5,9H,12H2,1H3,(H,13,14,15). The lowest BCUT2D eigenvalue weighted by molar-refractivity contribution is 0.410. The Balaban J connectivity index is 2.34. The van der Waals surface area contributed by atoms with E-state index in [1.54, 1.807) is 12.1 Å². The minimum Gasteiger partial charge on any atom is -0.497 e. The molecule has 6 heteroatoms. The number of ether oxygens (including phenoxy) is 1. The Kier molecular flexibility index (Phi) is 2.82. The number of nitrogens with two attached hydrogens (primary N) is 1. The first-order valence-corrected chi connectivity index (χ1v) is 4.66. The zero-order valence-electron chi connectivity index (χ0n) is 8.64. The molecule has 84 valence electrons. The maximum atomic E-state index is 13.7. The summed E-state index contributed by atoms with van der Waals surface area (Å²) >= 11 is 0. The molecular formula is C10H11FN4O. The summed E-state index contributed by atoms with van der Waals surface area (Å²) in [7, 11) is 1.48. The predicted molar refractivity (Wildman–Crippen MR) is 55.4 cm³/mol. The van der Waals surface area contributed by atoms with Gasteiger partial charge in [0.25, 0.3) is 0 Å². The average molecular weight is 222 g/mol. The van der Waals surface area contributed by atoms with Gasteiger partial charge in [-0.2, -0.15) is 5.10 Å². The van der Waals surface area contributed by atoms with Gasteiger partial charge in [-0.25, -0.2) is 9.37 Å². The largest absolute Gasteiger partial charge is 0.497 e. The van der Waals surface area contributed by atoms with Crippen LogP contribution in [0.15, 0.2) is 24.5 Å². The minimum absolute atomic E-state index is 0.345. The highest BCUT2D eigenvalue weighted by molar-refractivity contribution is 5.32. The Morgan fingerprint density at radius 3 is 2.88 bits per heavy atom. The first kappa shape index (κ1) is 10.6. The van der Waals surface area contributed by atoms with Crippen LogP contribution in [0.5, 0.6) is 5.75 Å². The summed E-state index contributed by atoms with van der Waals surface area (Å²) in [6.07, 6.45) is 1.33. The number of methoxy groups -OCH3 is 1. The molecule has 2 aromatic rings. The summed E-state index contributed by atoms with van der Waals surface area (Å²) in [5.74, 6) is 0.443. The van der Waals surface area contributed by atoms with Crippen molar-refractivity contribution in [1.29, 1.82) is 0 Å². The van der Waals surface area contributed by atoms with Crippen molar-refractivity contribution in [3.05, 3.63) is 41.7 Å². The van der Waals surface area contributed by atoms with Gasteiger partial charge in [-0.05, 0) is 6.07 Å². The van der Waals surface area contributed by atoms with E-state index >= 15 is 0 Å². The second-order valence-electron chi connectivity index (χ2n) is 3.24. The van der Waals surface area contributed by atoms with Gasteiger partial charge in [0.15, 0.2) is 0 Å². The molecule has 1 atom stereocenters. The zero-order valence-corrected chi connectivity index (χ0v) is 8.64. The van der Waals surface area contributed by atoms with Crippen LogP contribution in [-0.4, -0.2) is 22.3 Å². The van der Waals surface area contributed by atoms with E-state index in [0.717, 1.165) is 0 Å². The highest BCUT2D eigenvalue weighted by Crippen LogP contribution is 2.23. The number of halogens is 1. The molecule has 0 spiro atoms. The summed E-state index contributed by atoms with van der Waals surface area (Å²) in [4.78, 5) is 3.89. The second kappa shape index (κ2) is 4.28. The summed E-state index contributed by atoms with van der Waals surface area (Å²) in [6, 6.07) is 3.84. The first-order chi connectivity index (χ1) is 7.72. The molecule has 3 N–H and O–H groups in total. The van der Waals surface area contributed by atoms with E-state index < -0.39 is 11.9 Å². The van der Waals surface area contributed by atoms with Crippen molar-refractivity contribution >= 4 is 0 Å². The lowest BCUT2D eigenvalue weighted by Gasteiger charge is -2.10. The molecule has 0 aliphatic rings. The second-order valence-corrected chi connectivity index (χ2v) is 3.24. The molecule has 5 nitrogen and oxygen atoms in total. The van der Waals surface area contributed by atoms with Crippen LogP contribution in [0, 0.1) is 5.82 Å². The van der Waals surface area contributed by atoms with E-state index in [0.29, 0.717) is 17.1 Å². The number of aromatic amines is 1. The zero-order chi connectivity index (χ0) is 11.5. The Morgan fingerprint density at radius 2 is 2.31 bits per heavy atom.